The molecule has 1 saturated carbocycles. The molecule has 2 atom stereocenters. The summed E-state index contributed by atoms with van der Waals surface area (Å²) in [5, 5.41) is 0.207. The number of halogens is 1. The minimum absolute atomic E-state index is 0.00904. The number of nitrogens with two attached hydrogens (primary N) is 1. The van der Waals surface area contributed by atoms with Gasteiger partial charge in [-0.15, -0.1) is 12.8 Å². The van der Waals surface area contributed by atoms with Crippen LogP contribution in [0, 0.1) is 18.8 Å². The quantitative estimate of drug-likeness (QED) is 0.249. The summed E-state index contributed by atoms with van der Waals surface area (Å²) >= 11 is 6.22. The maximum absolute atomic E-state index is 13.3. The van der Waals surface area contributed by atoms with E-state index in [-0.39, 0.29) is 28.2 Å². The zero-order valence-corrected chi connectivity index (χ0v) is 20.4. The van der Waals surface area contributed by atoms with Crippen LogP contribution in [-0.2, 0) is 9.59 Å². The van der Waals surface area contributed by atoms with Gasteiger partial charge in [-0.05, 0) is 52.1 Å². The van der Waals surface area contributed by atoms with Crippen molar-refractivity contribution in [2.45, 2.75) is 70.8 Å². The fourth-order valence-corrected chi connectivity index (χ4v) is 4.49. The van der Waals surface area contributed by atoms with Crippen molar-refractivity contribution in [3.63, 3.8) is 0 Å². The van der Waals surface area contributed by atoms with Gasteiger partial charge in [0.25, 0.3) is 0 Å². The van der Waals surface area contributed by atoms with Crippen molar-refractivity contribution in [1.29, 1.82) is 0 Å². The molecule has 0 bridgehead atoms. The summed E-state index contributed by atoms with van der Waals surface area (Å²) in [4.78, 5) is 36.6. The first-order chi connectivity index (χ1) is 15.9. The molecule has 180 valence electrons. The number of ketones is 2. The van der Waals surface area contributed by atoms with Crippen LogP contribution in [0.2, 0.25) is 5.15 Å². The third kappa shape index (κ3) is 7.28. The molecule has 1 aromatic rings. The average molecular weight is 475 g/mol. The number of nitrogens with zero attached hydrogens (tertiary/aromatic N) is 3. The third-order valence-corrected chi connectivity index (χ3v) is 6.48. The molecule has 33 heavy (non-hydrogen) atoms. The lowest BCUT2D eigenvalue weighted by atomic mass is 9.81. The van der Waals surface area contributed by atoms with E-state index in [1.54, 1.807) is 6.07 Å². The highest BCUT2D eigenvalue weighted by atomic mass is 35.5. The van der Waals surface area contributed by atoms with Crippen LogP contribution in [0.15, 0.2) is 11.6 Å². The SMILES string of the molecule is C#C.CCCC/C(C(=O)[C@H]1CCCCC1=O)=C(/N)c1nc(Cl)cc(OC[C@@H]2CCCN2C)n1. The topological polar surface area (TPSA) is 98.4 Å². The van der Waals surface area contributed by atoms with Gasteiger partial charge in [0.1, 0.15) is 17.5 Å². The summed E-state index contributed by atoms with van der Waals surface area (Å²) in [5.74, 6) is -0.254. The number of ether oxygens (including phenoxy) is 1. The van der Waals surface area contributed by atoms with Crippen molar-refractivity contribution in [3.05, 3.63) is 22.6 Å². The van der Waals surface area contributed by atoms with E-state index in [2.05, 4.69) is 34.8 Å². The predicted octanol–water partition coefficient (Wildman–Crippen LogP) is 4.04. The number of carbonyl (C=O) groups is 2. The van der Waals surface area contributed by atoms with Crippen molar-refractivity contribution in [1.82, 2.24) is 14.9 Å². The van der Waals surface area contributed by atoms with Gasteiger partial charge in [-0.25, -0.2) is 4.98 Å². The second kappa shape index (κ2) is 13.3. The number of hydrogen-bond donors (Lipinski definition) is 1. The van der Waals surface area contributed by atoms with E-state index in [9.17, 15) is 9.59 Å². The summed E-state index contributed by atoms with van der Waals surface area (Å²) < 4.78 is 5.89. The number of carbonyl (C=O) groups excluding carboxylic acids is 2. The van der Waals surface area contributed by atoms with Crippen LogP contribution >= 0.6 is 11.6 Å². The smallest absolute Gasteiger partial charge is 0.218 e. The van der Waals surface area contributed by atoms with Crippen molar-refractivity contribution in [2.24, 2.45) is 11.7 Å². The van der Waals surface area contributed by atoms with Crippen LogP contribution < -0.4 is 10.5 Å². The standard InChI is InChI=1S/C23H33ClN4O3.C2H2/c1-3-4-9-17(22(30)16-10-5-6-11-18(16)29)21(25)23-26-19(24)13-20(27-23)31-14-15-8-7-12-28(15)2;1-2/h13,15-16H,3-12,14,25H2,1-2H3;1-2H/b21-17-;/t15-,16-;/m0./s1. The fraction of sp³-hybridized carbons (Fsp3) is 0.600. The second-order valence-corrected chi connectivity index (χ2v) is 8.95. The zero-order chi connectivity index (χ0) is 24.4. The number of allylic oxidation sites excluding steroid dienone is 1. The summed E-state index contributed by atoms with van der Waals surface area (Å²) in [7, 11) is 2.08. The zero-order valence-electron chi connectivity index (χ0n) is 19.7. The van der Waals surface area contributed by atoms with Gasteiger partial charge in [0.05, 0.1) is 11.6 Å². The number of terminal acetylenes is 1. The van der Waals surface area contributed by atoms with Crippen LogP contribution in [0.25, 0.3) is 5.70 Å². The summed E-state index contributed by atoms with van der Waals surface area (Å²) in [6.07, 6.45) is 15.2. The molecule has 1 saturated heterocycles. The molecule has 2 N–H and O–H groups in total. The van der Waals surface area contributed by atoms with Crippen molar-refractivity contribution < 1.29 is 14.3 Å². The number of Topliss-reactive ketones (excluding diaryl/α,β-unsaturated/α-hetero) is 2. The van der Waals surface area contributed by atoms with Gasteiger partial charge >= 0.3 is 0 Å². The number of unbranched alkanes of at least 4 members (excludes halogenated alkanes) is 1. The summed E-state index contributed by atoms with van der Waals surface area (Å²) in [6.45, 7) is 3.61. The third-order valence-electron chi connectivity index (χ3n) is 6.28. The van der Waals surface area contributed by atoms with E-state index >= 15 is 0 Å². The van der Waals surface area contributed by atoms with Crippen LogP contribution in [0.5, 0.6) is 5.88 Å². The molecule has 2 heterocycles. The Labute approximate surface area is 202 Å². The van der Waals surface area contributed by atoms with Crippen LogP contribution in [0.3, 0.4) is 0 Å². The first-order valence-corrected chi connectivity index (χ1v) is 12.0. The van der Waals surface area contributed by atoms with E-state index in [0.717, 1.165) is 45.1 Å². The molecule has 1 aliphatic heterocycles. The fourth-order valence-electron chi connectivity index (χ4n) is 4.31. The van der Waals surface area contributed by atoms with Gasteiger partial charge in [-0.2, -0.15) is 4.98 Å². The Morgan fingerprint density at radius 1 is 1.27 bits per heavy atom. The van der Waals surface area contributed by atoms with Gasteiger partial charge in [0.15, 0.2) is 11.6 Å². The largest absolute Gasteiger partial charge is 0.476 e. The Balaban J connectivity index is 0.00000187. The van der Waals surface area contributed by atoms with E-state index in [0.29, 0.717) is 43.4 Å². The molecule has 7 nitrogen and oxygen atoms in total. The molecule has 2 fully saturated rings. The molecule has 0 aromatic carbocycles. The molecule has 2 aliphatic rings. The lowest BCUT2D eigenvalue weighted by molar-refractivity contribution is -0.132. The first kappa shape index (κ1) is 26.8. The molecule has 0 spiro atoms. The van der Waals surface area contributed by atoms with E-state index < -0.39 is 5.92 Å². The molecule has 0 radical (unpaired) electrons. The molecule has 3 rings (SSSR count). The number of likely N-dealkylation sites (N-methyl/N-ethyl adjacent to an activating group) is 1. The number of likely N-dealkylation sites (tertiary alicyclic amines) is 1. The number of aromatic nitrogens is 2. The van der Waals surface area contributed by atoms with E-state index in [1.165, 1.54) is 0 Å². The predicted molar refractivity (Wildman–Crippen MR) is 131 cm³/mol. The molecular weight excluding hydrogens is 440 g/mol. The van der Waals surface area contributed by atoms with E-state index in [1.807, 2.05) is 6.92 Å². The first-order valence-electron chi connectivity index (χ1n) is 11.7. The van der Waals surface area contributed by atoms with Crippen molar-refractivity contribution in [2.75, 3.05) is 20.2 Å². The Morgan fingerprint density at radius 3 is 2.67 bits per heavy atom. The van der Waals surface area contributed by atoms with Gasteiger partial charge < -0.3 is 15.4 Å². The maximum Gasteiger partial charge on any atom is 0.218 e. The number of rotatable bonds is 9. The average Bonchev–Trinajstić information content (AvgIpc) is 3.23. The Bertz CT molecular complexity index is 884. The normalized spacial score (nSPS) is 21.7. The molecular formula is C25H35ClN4O3. The highest BCUT2D eigenvalue weighted by Crippen LogP contribution is 2.29. The van der Waals surface area contributed by atoms with Gasteiger partial charge in [-0.1, -0.05) is 31.4 Å². The Hall–Kier alpha value is -2.43. The molecule has 8 heteroatoms. The van der Waals surface area contributed by atoms with Crippen LogP contribution in [0.1, 0.15) is 70.5 Å². The van der Waals surface area contributed by atoms with Gasteiger partial charge in [-0.3, -0.25) is 9.59 Å². The maximum atomic E-state index is 13.3. The highest BCUT2D eigenvalue weighted by molar-refractivity contribution is 6.29. The minimum atomic E-state index is -0.605. The Morgan fingerprint density at radius 2 is 2.03 bits per heavy atom. The van der Waals surface area contributed by atoms with Crippen molar-refractivity contribution in [3.8, 4) is 18.7 Å². The van der Waals surface area contributed by atoms with E-state index in [4.69, 9.17) is 22.1 Å². The van der Waals surface area contributed by atoms with Crippen LogP contribution in [-0.4, -0.2) is 52.7 Å². The van der Waals surface area contributed by atoms with Gasteiger partial charge in [0, 0.05) is 24.1 Å². The molecule has 1 aliphatic carbocycles. The second-order valence-electron chi connectivity index (χ2n) is 8.56. The summed E-state index contributed by atoms with van der Waals surface area (Å²) in [6, 6.07) is 1.90. The molecule has 0 unspecified atom stereocenters. The molecule has 0 amide bonds. The van der Waals surface area contributed by atoms with Crippen LogP contribution in [0.4, 0.5) is 0 Å². The monoisotopic (exact) mass is 474 g/mol. The minimum Gasteiger partial charge on any atom is -0.476 e. The van der Waals surface area contributed by atoms with Gasteiger partial charge in [0.2, 0.25) is 5.88 Å². The molecule has 1 aromatic heterocycles. The highest BCUT2D eigenvalue weighted by Gasteiger charge is 2.32. The lowest BCUT2D eigenvalue weighted by Gasteiger charge is -2.22. The Kier molecular flexibility index (Phi) is 10.8. The number of hydrogen-bond acceptors (Lipinski definition) is 7. The summed E-state index contributed by atoms with van der Waals surface area (Å²) in [5.41, 5.74) is 7.04. The lowest BCUT2D eigenvalue weighted by Crippen LogP contribution is -2.31. The van der Waals surface area contributed by atoms with Crippen molar-refractivity contribution >= 4 is 28.9 Å².